The van der Waals surface area contributed by atoms with Crippen molar-refractivity contribution in [3.63, 3.8) is 0 Å². The van der Waals surface area contributed by atoms with Crippen molar-refractivity contribution < 1.29 is 22.7 Å². The molecule has 1 amide bonds. The van der Waals surface area contributed by atoms with E-state index in [1.807, 2.05) is 24.8 Å². The Morgan fingerprint density at radius 3 is 2.43 bits per heavy atom. The van der Waals surface area contributed by atoms with Crippen LogP contribution in [-0.4, -0.2) is 63.0 Å². The molecule has 1 fully saturated rings. The van der Waals surface area contributed by atoms with E-state index in [-0.39, 0.29) is 19.2 Å². The van der Waals surface area contributed by atoms with Crippen molar-refractivity contribution in [3.05, 3.63) is 47.5 Å². The van der Waals surface area contributed by atoms with Crippen LogP contribution in [0.3, 0.4) is 0 Å². The van der Waals surface area contributed by atoms with Crippen molar-refractivity contribution in [2.75, 3.05) is 44.8 Å². The zero-order chi connectivity index (χ0) is 21.3. The molecule has 2 aromatic carbocycles. The molecule has 0 aliphatic carbocycles. The lowest BCUT2D eigenvalue weighted by Gasteiger charge is -2.33. The van der Waals surface area contributed by atoms with Crippen LogP contribution in [0.4, 0.5) is 5.69 Å². The monoisotopic (exact) mass is 431 g/mol. The van der Waals surface area contributed by atoms with Gasteiger partial charge in [0.2, 0.25) is 22.7 Å². The molecule has 8 nitrogen and oxygen atoms in total. The SMILES string of the molecule is Cc1ccc(S(=O)(=O)N2CCN(CC(=O)Nc3ccc4c(c3)OCO4)CC2)cc1C. The average molecular weight is 432 g/mol. The molecule has 2 aliphatic heterocycles. The highest BCUT2D eigenvalue weighted by atomic mass is 32.2. The molecule has 1 saturated heterocycles. The molecule has 2 aliphatic rings. The normalized spacial score (nSPS) is 17.1. The van der Waals surface area contributed by atoms with Crippen molar-refractivity contribution >= 4 is 21.6 Å². The van der Waals surface area contributed by atoms with Gasteiger partial charge in [0.25, 0.3) is 0 Å². The lowest BCUT2D eigenvalue weighted by molar-refractivity contribution is -0.117. The molecule has 0 aromatic heterocycles. The van der Waals surface area contributed by atoms with Gasteiger partial charge in [-0.15, -0.1) is 0 Å². The summed E-state index contributed by atoms with van der Waals surface area (Å²) in [4.78, 5) is 14.7. The summed E-state index contributed by atoms with van der Waals surface area (Å²) in [6.45, 7) is 5.95. The highest BCUT2D eigenvalue weighted by Gasteiger charge is 2.29. The Morgan fingerprint density at radius 2 is 1.70 bits per heavy atom. The molecule has 2 heterocycles. The molecule has 4 rings (SSSR count). The Morgan fingerprint density at radius 1 is 0.967 bits per heavy atom. The Kier molecular flexibility index (Phi) is 5.68. The summed E-state index contributed by atoms with van der Waals surface area (Å²) in [5, 5.41) is 2.85. The number of nitrogens with one attached hydrogen (secondary N) is 1. The zero-order valence-corrected chi connectivity index (χ0v) is 17.9. The number of nitrogens with zero attached hydrogens (tertiary/aromatic N) is 2. The van der Waals surface area contributed by atoms with Gasteiger partial charge < -0.3 is 14.8 Å². The molecule has 0 unspecified atom stereocenters. The van der Waals surface area contributed by atoms with E-state index < -0.39 is 10.0 Å². The number of aryl methyl sites for hydroxylation is 2. The fourth-order valence-electron chi connectivity index (χ4n) is 3.53. The Balaban J connectivity index is 1.32. The van der Waals surface area contributed by atoms with Crippen LogP contribution in [0.15, 0.2) is 41.3 Å². The van der Waals surface area contributed by atoms with Gasteiger partial charge in [-0.25, -0.2) is 8.42 Å². The van der Waals surface area contributed by atoms with Crippen LogP contribution in [0, 0.1) is 13.8 Å². The summed E-state index contributed by atoms with van der Waals surface area (Å²) in [5.41, 5.74) is 2.65. The number of benzene rings is 2. The molecule has 0 spiro atoms. The van der Waals surface area contributed by atoms with Gasteiger partial charge in [-0.2, -0.15) is 4.31 Å². The van der Waals surface area contributed by atoms with Crippen LogP contribution < -0.4 is 14.8 Å². The van der Waals surface area contributed by atoms with Crippen LogP contribution >= 0.6 is 0 Å². The Bertz CT molecular complexity index is 1060. The van der Waals surface area contributed by atoms with Crippen LogP contribution in [0.5, 0.6) is 11.5 Å². The number of carbonyl (C=O) groups is 1. The topological polar surface area (TPSA) is 88.2 Å². The summed E-state index contributed by atoms with van der Waals surface area (Å²) in [6.07, 6.45) is 0. The maximum absolute atomic E-state index is 12.9. The molecular weight excluding hydrogens is 406 g/mol. The summed E-state index contributed by atoms with van der Waals surface area (Å²) in [5.74, 6) is 1.12. The molecule has 2 aromatic rings. The highest BCUT2D eigenvalue weighted by Crippen LogP contribution is 2.34. The summed E-state index contributed by atoms with van der Waals surface area (Å²) in [7, 11) is -3.53. The minimum Gasteiger partial charge on any atom is -0.454 e. The molecule has 30 heavy (non-hydrogen) atoms. The Hall–Kier alpha value is -2.62. The van der Waals surface area contributed by atoms with Gasteiger partial charge in [-0.1, -0.05) is 6.07 Å². The number of ether oxygens (including phenoxy) is 2. The van der Waals surface area contributed by atoms with E-state index in [1.54, 1.807) is 30.3 Å². The standard InChI is InChI=1S/C21H25N3O5S/c1-15-3-5-18(11-16(15)2)30(26,27)24-9-7-23(8-10-24)13-21(25)22-17-4-6-19-20(12-17)29-14-28-19/h3-6,11-12H,7-10,13-14H2,1-2H3,(H,22,25). The van der Waals surface area contributed by atoms with Crippen LogP contribution in [0.1, 0.15) is 11.1 Å². The number of sulfonamides is 1. The van der Waals surface area contributed by atoms with Gasteiger partial charge in [-0.05, 0) is 49.2 Å². The van der Waals surface area contributed by atoms with Gasteiger partial charge in [0, 0.05) is 37.9 Å². The fraction of sp³-hybridized carbons (Fsp3) is 0.381. The minimum atomic E-state index is -3.53. The Labute approximate surface area is 176 Å². The summed E-state index contributed by atoms with van der Waals surface area (Å²) >= 11 is 0. The molecule has 0 bridgehead atoms. The molecule has 0 saturated carbocycles. The molecule has 160 valence electrons. The second kappa shape index (κ2) is 8.25. The smallest absolute Gasteiger partial charge is 0.243 e. The second-order valence-electron chi connectivity index (χ2n) is 7.54. The first-order chi connectivity index (χ1) is 14.3. The molecule has 0 radical (unpaired) electrons. The van der Waals surface area contributed by atoms with Gasteiger partial charge >= 0.3 is 0 Å². The van der Waals surface area contributed by atoms with E-state index in [1.165, 1.54) is 4.31 Å². The number of hydrogen-bond donors (Lipinski definition) is 1. The maximum atomic E-state index is 12.9. The average Bonchev–Trinajstić information content (AvgIpc) is 3.18. The van der Waals surface area contributed by atoms with Crippen LogP contribution in [-0.2, 0) is 14.8 Å². The number of carbonyl (C=O) groups excluding carboxylic acids is 1. The van der Waals surface area contributed by atoms with E-state index in [9.17, 15) is 13.2 Å². The number of fused-ring (bicyclic) bond motifs is 1. The molecule has 1 N–H and O–H groups in total. The predicted molar refractivity (Wildman–Crippen MR) is 112 cm³/mol. The lowest BCUT2D eigenvalue weighted by atomic mass is 10.1. The quantitative estimate of drug-likeness (QED) is 0.779. The van der Waals surface area contributed by atoms with Crippen molar-refractivity contribution in [3.8, 4) is 11.5 Å². The van der Waals surface area contributed by atoms with E-state index in [0.29, 0.717) is 48.3 Å². The third kappa shape index (κ3) is 4.28. The van der Waals surface area contributed by atoms with E-state index in [0.717, 1.165) is 11.1 Å². The highest BCUT2D eigenvalue weighted by molar-refractivity contribution is 7.89. The van der Waals surface area contributed by atoms with Crippen molar-refractivity contribution in [2.45, 2.75) is 18.7 Å². The lowest BCUT2D eigenvalue weighted by Crippen LogP contribution is -2.50. The van der Waals surface area contributed by atoms with Crippen molar-refractivity contribution in [1.29, 1.82) is 0 Å². The first-order valence-electron chi connectivity index (χ1n) is 9.82. The van der Waals surface area contributed by atoms with Gasteiger partial charge in [0.15, 0.2) is 11.5 Å². The number of anilines is 1. The van der Waals surface area contributed by atoms with Crippen molar-refractivity contribution in [1.82, 2.24) is 9.21 Å². The summed E-state index contributed by atoms with van der Waals surface area (Å²) < 4.78 is 37.9. The van der Waals surface area contributed by atoms with E-state index >= 15 is 0 Å². The minimum absolute atomic E-state index is 0.153. The third-order valence-electron chi connectivity index (χ3n) is 5.47. The molecular formula is C21H25N3O5S. The number of piperazine rings is 1. The first-order valence-corrected chi connectivity index (χ1v) is 11.3. The maximum Gasteiger partial charge on any atom is 0.243 e. The van der Waals surface area contributed by atoms with Crippen LogP contribution in [0.2, 0.25) is 0 Å². The number of hydrogen-bond acceptors (Lipinski definition) is 6. The van der Waals surface area contributed by atoms with Crippen molar-refractivity contribution in [2.24, 2.45) is 0 Å². The van der Waals surface area contributed by atoms with E-state index in [4.69, 9.17) is 9.47 Å². The second-order valence-corrected chi connectivity index (χ2v) is 9.48. The number of amides is 1. The van der Waals surface area contributed by atoms with E-state index in [2.05, 4.69) is 5.32 Å². The zero-order valence-electron chi connectivity index (χ0n) is 17.1. The largest absolute Gasteiger partial charge is 0.454 e. The number of rotatable bonds is 5. The first kappa shape index (κ1) is 20.6. The molecule has 9 heteroatoms. The predicted octanol–water partition coefficient (Wildman–Crippen LogP) is 1.98. The molecule has 0 atom stereocenters. The van der Waals surface area contributed by atoms with Gasteiger partial charge in [0.1, 0.15) is 0 Å². The summed E-state index contributed by atoms with van der Waals surface area (Å²) in [6, 6.07) is 10.5. The third-order valence-corrected chi connectivity index (χ3v) is 7.37. The van der Waals surface area contributed by atoms with Crippen LogP contribution in [0.25, 0.3) is 0 Å². The fourth-order valence-corrected chi connectivity index (χ4v) is 5.04. The van der Waals surface area contributed by atoms with Gasteiger partial charge in [0.05, 0.1) is 11.4 Å². The van der Waals surface area contributed by atoms with Gasteiger partial charge in [-0.3, -0.25) is 9.69 Å².